The van der Waals surface area contributed by atoms with E-state index in [1.165, 1.54) is 0 Å². The van der Waals surface area contributed by atoms with Gasteiger partial charge in [-0.05, 0) is 31.2 Å². The molecule has 0 spiro atoms. The fourth-order valence-electron chi connectivity index (χ4n) is 3.15. The standard InChI is InChI=1S/C19H24N4O5S/c1-10(2)6-7-20-19(27)22-13(24)9-28-18(26)15-11(3)14-16(29-15)21-12-5-4-8-23(12)17(14)25/h10H,4-9H2,1-3H3,(H2,20,22,24,27). The molecule has 0 aromatic carbocycles. The van der Waals surface area contributed by atoms with Crippen LogP contribution in [0, 0.1) is 12.8 Å². The monoisotopic (exact) mass is 420 g/mol. The zero-order valence-electron chi connectivity index (χ0n) is 16.7. The Morgan fingerprint density at radius 2 is 2.07 bits per heavy atom. The number of carbonyl (C=O) groups is 3. The molecule has 3 heterocycles. The van der Waals surface area contributed by atoms with Crippen molar-refractivity contribution in [2.45, 2.75) is 46.6 Å². The van der Waals surface area contributed by atoms with Crippen molar-refractivity contribution in [2.75, 3.05) is 13.2 Å². The maximum Gasteiger partial charge on any atom is 0.349 e. The summed E-state index contributed by atoms with van der Waals surface area (Å²) < 4.78 is 6.67. The molecule has 3 amide bonds. The quantitative estimate of drug-likeness (QED) is 0.687. The molecule has 1 aliphatic rings. The van der Waals surface area contributed by atoms with Crippen LogP contribution in [0.4, 0.5) is 4.79 Å². The summed E-state index contributed by atoms with van der Waals surface area (Å²) in [7, 11) is 0. The molecule has 2 aromatic heterocycles. The molecule has 9 nitrogen and oxygen atoms in total. The maximum atomic E-state index is 12.7. The molecule has 1 aliphatic heterocycles. The SMILES string of the molecule is Cc1c(C(=O)OCC(=O)NC(=O)NCCC(C)C)sc2nc3n(c(=O)c12)CCC3. The average Bonchev–Trinajstić information content (AvgIpc) is 3.24. The summed E-state index contributed by atoms with van der Waals surface area (Å²) in [5.74, 6) is -0.284. The number of ether oxygens (including phenoxy) is 1. The van der Waals surface area contributed by atoms with E-state index in [0.29, 0.717) is 34.8 Å². The normalized spacial score (nSPS) is 12.8. The van der Waals surface area contributed by atoms with Gasteiger partial charge < -0.3 is 10.1 Å². The van der Waals surface area contributed by atoms with E-state index in [1.54, 1.807) is 11.5 Å². The zero-order chi connectivity index (χ0) is 21.1. The summed E-state index contributed by atoms with van der Waals surface area (Å²) in [5, 5.41) is 5.09. The van der Waals surface area contributed by atoms with Crippen LogP contribution in [-0.4, -0.2) is 40.6 Å². The van der Waals surface area contributed by atoms with E-state index in [0.717, 1.165) is 36.4 Å². The molecule has 0 saturated carbocycles. The first-order chi connectivity index (χ1) is 13.8. The molecular weight excluding hydrogens is 396 g/mol. The van der Waals surface area contributed by atoms with Crippen LogP contribution in [0.25, 0.3) is 10.2 Å². The minimum atomic E-state index is -0.726. The Balaban J connectivity index is 1.61. The van der Waals surface area contributed by atoms with E-state index >= 15 is 0 Å². The van der Waals surface area contributed by atoms with Crippen LogP contribution in [0.3, 0.4) is 0 Å². The summed E-state index contributed by atoms with van der Waals surface area (Å²) in [5.41, 5.74) is 0.354. The zero-order valence-corrected chi connectivity index (χ0v) is 17.5. The molecule has 10 heteroatoms. The fraction of sp³-hybridized carbons (Fsp3) is 0.526. The van der Waals surface area contributed by atoms with Gasteiger partial charge in [-0.3, -0.25) is 19.5 Å². The van der Waals surface area contributed by atoms with Gasteiger partial charge in [-0.25, -0.2) is 14.6 Å². The first-order valence-corrected chi connectivity index (χ1v) is 10.4. The molecule has 29 heavy (non-hydrogen) atoms. The van der Waals surface area contributed by atoms with E-state index in [9.17, 15) is 19.2 Å². The third-order valence-corrected chi connectivity index (χ3v) is 5.86. The summed E-state index contributed by atoms with van der Waals surface area (Å²) in [6.07, 6.45) is 2.41. The van der Waals surface area contributed by atoms with E-state index in [4.69, 9.17) is 4.74 Å². The van der Waals surface area contributed by atoms with E-state index in [2.05, 4.69) is 15.6 Å². The van der Waals surface area contributed by atoms with Gasteiger partial charge in [-0.15, -0.1) is 11.3 Å². The van der Waals surface area contributed by atoms with Crippen molar-refractivity contribution in [1.82, 2.24) is 20.2 Å². The lowest BCUT2D eigenvalue weighted by molar-refractivity contribution is -0.123. The first kappa shape index (κ1) is 21.0. The summed E-state index contributed by atoms with van der Waals surface area (Å²) >= 11 is 1.08. The Hall–Kier alpha value is -2.75. The highest BCUT2D eigenvalue weighted by Crippen LogP contribution is 2.29. The lowest BCUT2D eigenvalue weighted by Crippen LogP contribution is -2.41. The predicted molar refractivity (Wildman–Crippen MR) is 108 cm³/mol. The number of nitrogens with zero attached hydrogens (tertiary/aromatic N) is 2. The largest absolute Gasteiger partial charge is 0.451 e. The number of aromatic nitrogens is 2. The van der Waals surface area contributed by atoms with Crippen LogP contribution in [-0.2, 0) is 22.5 Å². The summed E-state index contributed by atoms with van der Waals surface area (Å²) in [6.45, 7) is 6.21. The number of imide groups is 1. The topological polar surface area (TPSA) is 119 Å². The van der Waals surface area contributed by atoms with Crippen LogP contribution in [0.15, 0.2) is 4.79 Å². The van der Waals surface area contributed by atoms with Gasteiger partial charge in [0, 0.05) is 19.5 Å². The number of carbonyl (C=O) groups excluding carboxylic acids is 3. The number of fused-ring (bicyclic) bond motifs is 2. The predicted octanol–water partition coefficient (Wildman–Crippen LogP) is 1.74. The molecule has 156 valence electrons. The highest BCUT2D eigenvalue weighted by molar-refractivity contribution is 7.20. The molecule has 0 fully saturated rings. The lowest BCUT2D eigenvalue weighted by atomic mass is 10.1. The highest BCUT2D eigenvalue weighted by Gasteiger charge is 2.24. The van der Waals surface area contributed by atoms with Gasteiger partial charge in [-0.1, -0.05) is 13.8 Å². The van der Waals surface area contributed by atoms with Gasteiger partial charge in [0.25, 0.3) is 11.5 Å². The molecular formula is C19H24N4O5S. The minimum absolute atomic E-state index is 0.147. The number of hydrogen-bond donors (Lipinski definition) is 2. The molecule has 2 aromatic rings. The van der Waals surface area contributed by atoms with Crippen molar-refractivity contribution in [3.05, 3.63) is 26.6 Å². The van der Waals surface area contributed by atoms with Crippen molar-refractivity contribution in [3.63, 3.8) is 0 Å². The lowest BCUT2D eigenvalue weighted by Gasteiger charge is -2.08. The van der Waals surface area contributed by atoms with Gasteiger partial charge in [0.2, 0.25) is 0 Å². The molecule has 0 radical (unpaired) electrons. The minimum Gasteiger partial charge on any atom is -0.451 e. The summed E-state index contributed by atoms with van der Waals surface area (Å²) in [4.78, 5) is 53.8. The Kier molecular flexibility index (Phi) is 6.31. The van der Waals surface area contributed by atoms with Crippen LogP contribution in [0.2, 0.25) is 0 Å². The van der Waals surface area contributed by atoms with Crippen molar-refractivity contribution in [3.8, 4) is 0 Å². The second-order valence-corrected chi connectivity index (χ2v) is 8.39. The highest BCUT2D eigenvalue weighted by atomic mass is 32.1. The smallest absolute Gasteiger partial charge is 0.349 e. The number of aryl methyl sites for hydroxylation is 2. The number of esters is 1. The molecule has 0 atom stereocenters. The van der Waals surface area contributed by atoms with Gasteiger partial charge >= 0.3 is 12.0 Å². The number of amides is 3. The van der Waals surface area contributed by atoms with Gasteiger partial charge in [-0.2, -0.15) is 0 Å². The first-order valence-electron chi connectivity index (χ1n) is 9.55. The molecule has 0 bridgehead atoms. The Bertz CT molecular complexity index is 1020. The van der Waals surface area contributed by atoms with Gasteiger partial charge in [0.1, 0.15) is 15.5 Å². The van der Waals surface area contributed by atoms with Crippen LogP contribution in [0.5, 0.6) is 0 Å². The molecule has 2 N–H and O–H groups in total. The van der Waals surface area contributed by atoms with Crippen molar-refractivity contribution >= 4 is 39.5 Å². The Morgan fingerprint density at radius 1 is 1.31 bits per heavy atom. The van der Waals surface area contributed by atoms with Gasteiger partial charge in [0.15, 0.2) is 6.61 Å². The second kappa shape index (κ2) is 8.73. The van der Waals surface area contributed by atoms with E-state index < -0.39 is 24.5 Å². The molecule has 0 unspecified atom stereocenters. The van der Waals surface area contributed by atoms with Crippen LogP contribution < -0.4 is 16.2 Å². The number of urea groups is 1. The van der Waals surface area contributed by atoms with Crippen molar-refractivity contribution < 1.29 is 19.1 Å². The fourth-order valence-corrected chi connectivity index (χ4v) is 4.23. The number of hydrogen-bond acceptors (Lipinski definition) is 7. The van der Waals surface area contributed by atoms with E-state index in [1.807, 2.05) is 13.8 Å². The van der Waals surface area contributed by atoms with Crippen LogP contribution >= 0.6 is 11.3 Å². The third-order valence-electron chi connectivity index (χ3n) is 4.69. The number of rotatable bonds is 6. The van der Waals surface area contributed by atoms with E-state index in [-0.39, 0.29) is 10.4 Å². The Morgan fingerprint density at radius 3 is 2.79 bits per heavy atom. The van der Waals surface area contributed by atoms with Crippen molar-refractivity contribution in [1.29, 1.82) is 0 Å². The third kappa shape index (κ3) is 4.64. The number of thiophene rings is 1. The maximum absolute atomic E-state index is 12.7. The molecule has 0 saturated heterocycles. The Labute approximate surface area is 171 Å². The van der Waals surface area contributed by atoms with Crippen LogP contribution in [0.1, 0.15) is 47.7 Å². The second-order valence-electron chi connectivity index (χ2n) is 7.39. The summed E-state index contributed by atoms with van der Waals surface area (Å²) in [6, 6.07) is -0.628. The van der Waals surface area contributed by atoms with Crippen molar-refractivity contribution in [2.24, 2.45) is 5.92 Å². The number of nitrogens with one attached hydrogen (secondary N) is 2. The average molecular weight is 420 g/mol. The molecule has 3 rings (SSSR count). The molecule has 0 aliphatic carbocycles. The van der Waals surface area contributed by atoms with Gasteiger partial charge in [0.05, 0.1) is 5.39 Å².